The van der Waals surface area contributed by atoms with E-state index in [-0.39, 0.29) is 8.41 Å². The van der Waals surface area contributed by atoms with Gasteiger partial charge in [0, 0.05) is 6.92 Å². The molecule has 5 heteroatoms. The smallest absolute Gasteiger partial charge is 0.295 e. The van der Waals surface area contributed by atoms with Crippen LogP contribution in [0.2, 0.25) is 0 Å². The van der Waals surface area contributed by atoms with E-state index in [1.54, 1.807) is 0 Å². The molecule has 1 unspecified atom stereocenters. The van der Waals surface area contributed by atoms with Crippen molar-refractivity contribution in [2.75, 3.05) is 0 Å². The molecule has 0 radical (unpaired) electrons. The third kappa shape index (κ3) is 3.99. The summed E-state index contributed by atoms with van der Waals surface area (Å²) in [5, 5.41) is 7.68. The third-order valence-corrected chi connectivity index (χ3v) is 0.398. The molecule has 0 aromatic carbocycles. The lowest BCUT2D eigenvalue weighted by atomic mass is 10.4. The zero-order valence-corrected chi connectivity index (χ0v) is 3.66. The van der Waals surface area contributed by atoms with Crippen LogP contribution < -0.4 is 0 Å². The number of hydrogen-bond acceptors (Lipinski definition) is 1. The van der Waals surface area contributed by atoms with Crippen molar-refractivity contribution in [3.05, 3.63) is 0 Å². The Morgan fingerprint density at radius 2 is 1.62 bits per heavy atom. The highest BCUT2D eigenvalue weighted by molar-refractivity contribution is 5.75. The molecule has 0 aliphatic heterocycles. The molecule has 0 saturated heterocycles. The summed E-state index contributed by atoms with van der Waals surface area (Å²) in [4.78, 5) is 0. The monoisotopic (exact) mass is 128 g/mol. The maximum Gasteiger partial charge on any atom is 0.295 e. The number of hydrogen-bond donors (Lipinski definition) is 1. The van der Waals surface area contributed by atoms with E-state index >= 15 is 0 Å². The molecular weight excluding hydrogens is 120 g/mol. The van der Waals surface area contributed by atoms with E-state index in [0.29, 0.717) is 6.92 Å². The molecule has 0 aliphatic carbocycles. The molecule has 0 fully saturated rings. The van der Waals surface area contributed by atoms with Crippen molar-refractivity contribution in [3.8, 4) is 0 Å². The second kappa shape index (κ2) is 2.97. The van der Waals surface area contributed by atoms with Crippen LogP contribution in [0.15, 0.2) is 0 Å². The van der Waals surface area contributed by atoms with Crippen molar-refractivity contribution < 1.29 is 18.3 Å². The predicted molar refractivity (Wildman–Crippen MR) is 27.7 cm³/mol. The van der Waals surface area contributed by atoms with Crippen LogP contribution in [0.4, 0.5) is 13.2 Å². The maximum absolute atomic E-state index is 11.3. The van der Waals surface area contributed by atoms with Gasteiger partial charge < -0.3 is 5.11 Å². The first-order valence-electron chi connectivity index (χ1n) is 1.64. The summed E-state index contributed by atoms with van der Waals surface area (Å²) in [6, 6.07) is 0. The summed E-state index contributed by atoms with van der Waals surface area (Å²) in [6.07, 6.45) is -3.31. The molecule has 8 heavy (non-hydrogen) atoms. The van der Waals surface area contributed by atoms with Crippen LogP contribution in [-0.4, -0.2) is 25.8 Å². The maximum atomic E-state index is 11.3. The van der Waals surface area contributed by atoms with Crippen LogP contribution in [0, 0.1) is 0 Å². The van der Waals surface area contributed by atoms with Gasteiger partial charge in [-0.3, -0.25) is 0 Å². The minimum atomic E-state index is -3.33. The summed E-state index contributed by atoms with van der Waals surface area (Å²) >= 11 is 0. The Balaban J connectivity index is 0. The van der Waals surface area contributed by atoms with Gasteiger partial charge in [0.25, 0.3) is 12.3 Å². The van der Waals surface area contributed by atoms with E-state index in [0.717, 1.165) is 0 Å². The first-order valence-corrected chi connectivity index (χ1v) is 1.64. The number of rotatable bonds is 1. The number of alkyl halides is 3. The first kappa shape index (κ1) is 10.7. The quantitative estimate of drug-likeness (QED) is 0.482. The van der Waals surface area contributed by atoms with Gasteiger partial charge in [0.2, 0.25) is 0 Å². The molecule has 0 aliphatic rings. The van der Waals surface area contributed by atoms with Crippen LogP contribution in [0.3, 0.4) is 0 Å². The number of aliphatic hydroxyl groups is 1. The Morgan fingerprint density at radius 1 is 1.50 bits per heavy atom. The minimum absolute atomic E-state index is 0. The third-order valence-electron chi connectivity index (χ3n) is 0.398. The SMILES string of the molecule is B.CC(O)(F)C(F)F. The second-order valence-electron chi connectivity index (χ2n) is 1.32. The summed E-state index contributed by atoms with van der Waals surface area (Å²) in [6.45, 7) is 0.400. The van der Waals surface area contributed by atoms with E-state index in [4.69, 9.17) is 5.11 Å². The molecule has 0 rings (SSSR count). The van der Waals surface area contributed by atoms with Gasteiger partial charge in [-0.1, -0.05) is 0 Å². The fraction of sp³-hybridized carbons (Fsp3) is 1.00. The molecule has 0 spiro atoms. The van der Waals surface area contributed by atoms with Gasteiger partial charge in [-0.05, 0) is 0 Å². The second-order valence-corrected chi connectivity index (χ2v) is 1.32. The zero-order valence-electron chi connectivity index (χ0n) is 3.66. The standard InChI is InChI=1S/C3H5F3O.BH3/c1-3(6,7)2(4)5;/h2,7H,1H3;1H3. The van der Waals surface area contributed by atoms with E-state index < -0.39 is 12.3 Å². The molecule has 0 bridgehead atoms. The summed E-state index contributed by atoms with van der Waals surface area (Å²) in [7, 11) is 0. The Hall–Kier alpha value is -0.185. The summed E-state index contributed by atoms with van der Waals surface area (Å²) in [5.74, 6) is -3.33. The van der Waals surface area contributed by atoms with Crippen LogP contribution in [0.25, 0.3) is 0 Å². The predicted octanol–water partition coefficient (Wildman–Crippen LogP) is -0.254. The van der Waals surface area contributed by atoms with Crippen molar-refractivity contribution in [3.63, 3.8) is 0 Å². The minimum Gasteiger partial charge on any atom is -0.358 e. The highest BCUT2D eigenvalue weighted by atomic mass is 19.3. The Morgan fingerprint density at radius 3 is 1.62 bits per heavy atom. The van der Waals surface area contributed by atoms with Crippen LogP contribution in [0.5, 0.6) is 0 Å². The fourth-order valence-electron chi connectivity index (χ4n) is 0. The van der Waals surface area contributed by atoms with Crippen LogP contribution in [-0.2, 0) is 0 Å². The van der Waals surface area contributed by atoms with Gasteiger partial charge in [0.1, 0.15) is 0 Å². The summed E-state index contributed by atoms with van der Waals surface area (Å²) < 4.78 is 33.2. The van der Waals surface area contributed by atoms with Gasteiger partial charge >= 0.3 is 0 Å². The molecule has 1 nitrogen and oxygen atoms in total. The van der Waals surface area contributed by atoms with E-state index in [9.17, 15) is 13.2 Å². The van der Waals surface area contributed by atoms with Gasteiger partial charge in [-0.2, -0.15) is 0 Å². The van der Waals surface area contributed by atoms with Crippen LogP contribution in [0.1, 0.15) is 6.92 Å². The molecule has 1 atom stereocenters. The molecule has 0 aromatic rings. The van der Waals surface area contributed by atoms with Crippen molar-refractivity contribution >= 4 is 8.41 Å². The Bertz CT molecular complexity index is 60.0. The van der Waals surface area contributed by atoms with E-state index in [1.807, 2.05) is 0 Å². The van der Waals surface area contributed by atoms with E-state index in [1.165, 1.54) is 0 Å². The molecule has 0 amide bonds. The normalized spacial score (nSPS) is 17.2. The lowest BCUT2D eigenvalue weighted by molar-refractivity contribution is -0.172. The molecular formula is C3H8BF3O. The van der Waals surface area contributed by atoms with Gasteiger partial charge in [0.15, 0.2) is 0 Å². The lowest BCUT2D eigenvalue weighted by Gasteiger charge is -2.08. The largest absolute Gasteiger partial charge is 0.358 e. The highest BCUT2D eigenvalue weighted by Gasteiger charge is 2.30. The topological polar surface area (TPSA) is 20.2 Å². The molecule has 0 saturated carbocycles. The highest BCUT2D eigenvalue weighted by Crippen LogP contribution is 2.14. The zero-order chi connectivity index (χ0) is 6.08. The average Bonchev–Trinajstić information content (AvgIpc) is 1.31. The van der Waals surface area contributed by atoms with E-state index in [2.05, 4.69) is 0 Å². The van der Waals surface area contributed by atoms with Crippen molar-refractivity contribution in [1.82, 2.24) is 0 Å². The van der Waals surface area contributed by atoms with Gasteiger partial charge in [0.05, 0.1) is 8.41 Å². The fourth-order valence-corrected chi connectivity index (χ4v) is 0. The Labute approximate surface area is 47.1 Å². The molecule has 1 N–H and O–H groups in total. The average molecular weight is 128 g/mol. The number of halogens is 3. The molecule has 0 heterocycles. The van der Waals surface area contributed by atoms with Gasteiger partial charge in [-0.25, -0.2) is 13.2 Å². The molecule has 50 valence electrons. The summed E-state index contributed by atoms with van der Waals surface area (Å²) in [5.41, 5.74) is 0. The molecule has 0 aromatic heterocycles. The first-order chi connectivity index (χ1) is 2.94. The van der Waals surface area contributed by atoms with Crippen molar-refractivity contribution in [1.29, 1.82) is 0 Å². The van der Waals surface area contributed by atoms with Crippen molar-refractivity contribution in [2.45, 2.75) is 19.2 Å². The van der Waals surface area contributed by atoms with Crippen LogP contribution >= 0.6 is 0 Å². The van der Waals surface area contributed by atoms with Crippen molar-refractivity contribution in [2.24, 2.45) is 0 Å². The lowest BCUT2D eigenvalue weighted by Crippen LogP contribution is -2.26. The Kier molecular flexibility index (Phi) is 3.98. The van der Waals surface area contributed by atoms with Gasteiger partial charge in [-0.15, -0.1) is 0 Å².